The highest BCUT2D eigenvalue weighted by molar-refractivity contribution is 5.97. The van der Waals surface area contributed by atoms with E-state index in [1.165, 1.54) is 24.0 Å². The van der Waals surface area contributed by atoms with E-state index in [2.05, 4.69) is 4.98 Å². The number of rotatable bonds is 3. The number of imidazole rings is 1. The lowest BCUT2D eigenvalue weighted by molar-refractivity contribution is -0.384. The summed E-state index contributed by atoms with van der Waals surface area (Å²) in [5.41, 5.74) is 1.72. The summed E-state index contributed by atoms with van der Waals surface area (Å²) in [6.45, 7) is 4.07. The lowest BCUT2D eigenvalue weighted by Crippen LogP contribution is -2.29. The largest absolute Gasteiger partial charge is 0.415 e. The van der Waals surface area contributed by atoms with Crippen LogP contribution in [0.2, 0.25) is 0 Å². The molecule has 1 heterocycles. The number of carbonyl (C=O) groups is 1. The van der Waals surface area contributed by atoms with Crippen LogP contribution in [0.3, 0.4) is 0 Å². The molecule has 2 aromatic rings. The van der Waals surface area contributed by atoms with Gasteiger partial charge in [0.15, 0.2) is 11.6 Å². The van der Waals surface area contributed by atoms with Crippen molar-refractivity contribution >= 4 is 11.5 Å². The van der Waals surface area contributed by atoms with Crippen LogP contribution in [0.4, 0.5) is 5.69 Å². The first-order valence-corrected chi connectivity index (χ1v) is 7.26. The number of fused-ring (bicyclic) bond motifs is 1. The van der Waals surface area contributed by atoms with Crippen LogP contribution in [0, 0.1) is 15.5 Å². The van der Waals surface area contributed by atoms with Crippen molar-refractivity contribution in [2.75, 3.05) is 7.11 Å². The van der Waals surface area contributed by atoms with Gasteiger partial charge in [-0.1, -0.05) is 13.8 Å². The van der Waals surface area contributed by atoms with E-state index in [0.29, 0.717) is 35.6 Å². The van der Waals surface area contributed by atoms with Crippen LogP contribution in [0.5, 0.6) is 0 Å². The van der Waals surface area contributed by atoms with Crippen LogP contribution in [0.1, 0.15) is 36.5 Å². The van der Waals surface area contributed by atoms with Gasteiger partial charge in [0.1, 0.15) is 12.8 Å². The van der Waals surface area contributed by atoms with Crippen molar-refractivity contribution in [3.63, 3.8) is 0 Å². The van der Waals surface area contributed by atoms with Gasteiger partial charge in [-0.2, -0.15) is 4.73 Å². The number of benzene rings is 1. The Kier molecular flexibility index (Phi) is 3.43. The molecular weight excluding hydrogens is 298 g/mol. The molecule has 3 rings (SSSR count). The van der Waals surface area contributed by atoms with Crippen LogP contribution >= 0.6 is 0 Å². The zero-order chi connectivity index (χ0) is 16.8. The standard InChI is InChI=1S/C16H17N3O4/c1-16(2)8-12-14(13(20)9-16)18(23-3)15(17-12)10-4-6-11(7-5-10)19(21)22/h4-7H,8-9H2,1-3H3. The van der Waals surface area contributed by atoms with Gasteiger partial charge in [0.2, 0.25) is 0 Å². The third-order valence-electron chi connectivity index (χ3n) is 3.98. The number of hydrogen-bond donors (Lipinski definition) is 0. The summed E-state index contributed by atoms with van der Waals surface area (Å²) in [7, 11) is 1.48. The van der Waals surface area contributed by atoms with E-state index in [4.69, 9.17) is 4.84 Å². The molecule has 0 aliphatic heterocycles. The summed E-state index contributed by atoms with van der Waals surface area (Å²) >= 11 is 0. The summed E-state index contributed by atoms with van der Waals surface area (Å²) in [6.07, 6.45) is 1.12. The molecule has 1 aliphatic carbocycles. The molecule has 0 bridgehead atoms. The molecule has 7 heteroatoms. The van der Waals surface area contributed by atoms with Gasteiger partial charge in [0.25, 0.3) is 5.69 Å². The first kappa shape index (κ1) is 15.2. The van der Waals surface area contributed by atoms with Gasteiger partial charge in [-0.15, -0.1) is 0 Å². The fourth-order valence-electron chi connectivity index (χ4n) is 2.97. The van der Waals surface area contributed by atoms with Crippen molar-refractivity contribution in [3.05, 3.63) is 45.8 Å². The van der Waals surface area contributed by atoms with Gasteiger partial charge in [0, 0.05) is 24.1 Å². The number of Topliss-reactive ketones (excluding diaryl/α,β-unsaturated/α-hetero) is 1. The highest BCUT2D eigenvalue weighted by Crippen LogP contribution is 2.36. The predicted octanol–water partition coefficient (Wildman–Crippen LogP) is 2.67. The fraction of sp³-hybridized carbons (Fsp3) is 0.375. The molecule has 0 unspecified atom stereocenters. The minimum atomic E-state index is -0.455. The quantitative estimate of drug-likeness (QED) is 0.642. The Morgan fingerprint density at radius 3 is 2.48 bits per heavy atom. The second-order valence-electron chi connectivity index (χ2n) is 6.45. The third-order valence-corrected chi connectivity index (χ3v) is 3.98. The summed E-state index contributed by atoms with van der Waals surface area (Å²) in [4.78, 5) is 32.7. The monoisotopic (exact) mass is 315 g/mol. The first-order chi connectivity index (χ1) is 10.8. The maximum absolute atomic E-state index is 12.4. The molecule has 0 spiro atoms. The van der Waals surface area contributed by atoms with Crippen molar-refractivity contribution < 1.29 is 14.6 Å². The molecule has 1 aromatic carbocycles. The molecule has 23 heavy (non-hydrogen) atoms. The second kappa shape index (κ2) is 5.19. The Hall–Kier alpha value is -2.70. The topological polar surface area (TPSA) is 87.3 Å². The van der Waals surface area contributed by atoms with Crippen LogP contribution < -0.4 is 4.84 Å². The Labute approximate surface area is 133 Å². The number of nitro benzene ring substituents is 1. The Balaban J connectivity index is 2.11. The molecule has 120 valence electrons. The van der Waals surface area contributed by atoms with Gasteiger partial charge in [-0.05, 0) is 24.0 Å². The van der Waals surface area contributed by atoms with E-state index in [1.807, 2.05) is 13.8 Å². The van der Waals surface area contributed by atoms with Crippen molar-refractivity contribution in [3.8, 4) is 11.4 Å². The highest BCUT2D eigenvalue weighted by Gasteiger charge is 2.36. The Morgan fingerprint density at radius 2 is 1.91 bits per heavy atom. The molecule has 0 fully saturated rings. The average molecular weight is 315 g/mol. The zero-order valence-corrected chi connectivity index (χ0v) is 13.2. The second-order valence-corrected chi connectivity index (χ2v) is 6.45. The van der Waals surface area contributed by atoms with E-state index in [-0.39, 0.29) is 16.9 Å². The molecule has 0 N–H and O–H groups in total. The molecule has 0 radical (unpaired) electrons. The molecular formula is C16H17N3O4. The minimum absolute atomic E-state index is 0.00115. The van der Waals surface area contributed by atoms with Crippen molar-refractivity contribution in [1.82, 2.24) is 9.71 Å². The fourth-order valence-corrected chi connectivity index (χ4v) is 2.97. The van der Waals surface area contributed by atoms with Gasteiger partial charge < -0.3 is 4.84 Å². The summed E-state index contributed by atoms with van der Waals surface area (Å²) in [6, 6.07) is 6.04. The molecule has 7 nitrogen and oxygen atoms in total. The lowest BCUT2D eigenvalue weighted by Gasteiger charge is -2.27. The van der Waals surface area contributed by atoms with E-state index in [0.717, 1.165) is 0 Å². The molecule has 1 aliphatic rings. The van der Waals surface area contributed by atoms with Crippen LogP contribution in [0.15, 0.2) is 24.3 Å². The maximum Gasteiger partial charge on any atom is 0.269 e. The van der Waals surface area contributed by atoms with Gasteiger partial charge in [0.05, 0.1) is 10.6 Å². The number of ketones is 1. The minimum Gasteiger partial charge on any atom is -0.415 e. The Morgan fingerprint density at radius 1 is 1.26 bits per heavy atom. The number of non-ortho nitro benzene ring substituents is 1. The number of aromatic nitrogens is 2. The number of carbonyl (C=O) groups excluding carboxylic acids is 1. The van der Waals surface area contributed by atoms with Gasteiger partial charge in [-0.3, -0.25) is 14.9 Å². The maximum atomic E-state index is 12.4. The van der Waals surface area contributed by atoms with Gasteiger partial charge >= 0.3 is 0 Å². The van der Waals surface area contributed by atoms with Crippen LogP contribution in [-0.2, 0) is 6.42 Å². The lowest BCUT2D eigenvalue weighted by atomic mass is 9.77. The van der Waals surface area contributed by atoms with E-state index < -0.39 is 4.92 Å². The molecule has 0 saturated heterocycles. The number of nitrogens with zero attached hydrogens (tertiary/aromatic N) is 3. The average Bonchev–Trinajstić information content (AvgIpc) is 2.84. The Bertz CT molecular complexity index is 790. The van der Waals surface area contributed by atoms with E-state index >= 15 is 0 Å². The smallest absolute Gasteiger partial charge is 0.269 e. The van der Waals surface area contributed by atoms with Gasteiger partial charge in [-0.25, -0.2) is 4.98 Å². The molecule has 1 aromatic heterocycles. The van der Waals surface area contributed by atoms with Crippen molar-refractivity contribution in [2.24, 2.45) is 5.41 Å². The zero-order valence-electron chi connectivity index (χ0n) is 13.2. The first-order valence-electron chi connectivity index (χ1n) is 7.26. The van der Waals surface area contributed by atoms with E-state index in [1.54, 1.807) is 12.1 Å². The molecule has 0 saturated carbocycles. The summed E-state index contributed by atoms with van der Waals surface area (Å²) < 4.78 is 1.42. The number of hydrogen-bond acceptors (Lipinski definition) is 5. The highest BCUT2D eigenvalue weighted by atomic mass is 16.6. The SMILES string of the molecule is COn1c(-c2ccc([N+](=O)[O-])cc2)nc2c1C(=O)CC(C)(C)C2. The predicted molar refractivity (Wildman–Crippen MR) is 83.3 cm³/mol. The normalized spacial score (nSPS) is 16.0. The third kappa shape index (κ3) is 2.58. The summed E-state index contributed by atoms with van der Waals surface area (Å²) in [5.74, 6) is 0.484. The molecule has 0 amide bonds. The van der Waals surface area contributed by atoms with Crippen LogP contribution in [0.25, 0.3) is 11.4 Å². The van der Waals surface area contributed by atoms with Crippen molar-refractivity contribution in [2.45, 2.75) is 26.7 Å². The summed E-state index contributed by atoms with van der Waals surface area (Å²) in [5, 5.41) is 10.8. The molecule has 0 atom stereocenters. The van der Waals surface area contributed by atoms with E-state index in [9.17, 15) is 14.9 Å². The number of nitro groups is 1. The van der Waals surface area contributed by atoms with Crippen molar-refractivity contribution in [1.29, 1.82) is 0 Å². The van der Waals surface area contributed by atoms with Crippen LogP contribution in [-0.4, -0.2) is 27.5 Å².